The van der Waals surface area contributed by atoms with Crippen LogP contribution >= 0.6 is 0 Å². The number of nitrogens with zero attached hydrogens (tertiary/aromatic N) is 2. The lowest BCUT2D eigenvalue weighted by atomic mass is 9.83. The van der Waals surface area contributed by atoms with Crippen LogP contribution in [-0.4, -0.2) is 35.1 Å². The van der Waals surface area contributed by atoms with Crippen molar-refractivity contribution < 1.29 is 13.7 Å². The van der Waals surface area contributed by atoms with Crippen LogP contribution in [0.3, 0.4) is 0 Å². The molecule has 1 aromatic heterocycles. The minimum Gasteiger partial charge on any atom is -0.464 e. The molecule has 3 heterocycles. The maximum Gasteiger partial charge on any atom is 0.226 e. The fourth-order valence-electron chi connectivity index (χ4n) is 5.52. The molecule has 0 bridgehead atoms. The summed E-state index contributed by atoms with van der Waals surface area (Å²) in [6, 6.07) is 11.1. The molecule has 0 aromatic carbocycles. The first kappa shape index (κ1) is 21.3. The predicted octanol–water partition coefficient (Wildman–Crippen LogP) is 5.21. The van der Waals surface area contributed by atoms with Gasteiger partial charge in [0, 0.05) is 29.3 Å². The summed E-state index contributed by atoms with van der Waals surface area (Å²) < 4.78 is 10.7. The molecule has 1 atom stereocenters. The second-order valence-corrected chi connectivity index (χ2v) is 9.51. The largest absolute Gasteiger partial charge is 0.464 e. The molecule has 1 amide bonds. The van der Waals surface area contributed by atoms with Crippen LogP contribution in [-0.2, 0) is 11.2 Å². The molecule has 1 aromatic rings. The topological polar surface area (TPSA) is 71.5 Å². The number of fused-ring (bicyclic) bond motifs is 1. The number of likely N-dealkylation sites (tertiary alicyclic amines) is 1. The smallest absolute Gasteiger partial charge is 0.226 e. The quantitative estimate of drug-likeness (QED) is 0.552. The van der Waals surface area contributed by atoms with E-state index in [2.05, 4.69) is 33.6 Å². The second-order valence-electron chi connectivity index (χ2n) is 9.51. The van der Waals surface area contributed by atoms with Crippen molar-refractivity contribution in [1.29, 1.82) is 0 Å². The SMILES string of the molecule is O=C(Cc1ccon1)NC1CCC(CCN2CCCCC2c2coc3cccc-3c2)CC1. The summed E-state index contributed by atoms with van der Waals surface area (Å²) in [4.78, 5) is 14.9. The number of nitrogens with one attached hydrogen (secondary N) is 1. The minimum atomic E-state index is 0.0470. The number of hydrogen-bond donors (Lipinski definition) is 1. The van der Waals surface area contributed by atoms with Crippen molar-refractivity contribution in [2.24, 2.45) is 5.92 Å². The maximum absolute atomic E-state index is 12.2. The number of aromatic nitrogens is 1. The summed E-state index contributed by atoms with van der Waals surface area (Å²) in [7, 11) is 0. The van der Waals surface area contributed by atoms with E-state index in [1.165, 1.54) is 62.5 Å². The molecule has 2 aliphatic carbocycles. The van der Waals surface area contributed by atoms with E-state index in [9.17, 15) is 4.79 Å². The Morgan fingerprint density at radius 3 is 2.88 bits per heavy atom. The van der Waals surface area contributed by atoms with E-state index in [0.29, 0.717) is 24.2 Å². The molecule has 0 radical (unpaired) electrons. The van der Waals surface area contributed by atoms with Gasteiger partial charge in [-0.2, -0.15) is 0 Å². The highest BCUT2D eigenvalue weighted by Gasteiger charge is 2.28. The van der Waals surface area contributed by atoms with Gasteiger partial charge in [-0.05, 0) is 76.1 Å². The van der Waals surface area contributed by atoms with Crippen LogP contribution in [0.1, 0.15) is 68.7 Å². The van der Waals surface area contributed by atoms with E-state index in [4.69, 9.17) is 8.94 Å². The van der Waals surface area contributed by atoms with Crippen molar-refractivity contribution in [3.05, 3.63) is 54.1 Å². The fourth-order valence-corrected chi connectivity index (χ4v) is 5.52. The molecule has 5 rings (SSSR count). The van der Waals surface area contributed by atoms with Gasteiger partial charge in [-0.1, -0.05) is 23.7 Å². The van der Waals surface area contributed by atoms with Crippen LogP contribution < -0.4 is 5.32 Å². The Morgan fingerprint density at radius 2 is 2.03 bits per heavy atom. The Labute approximate surface area is 189 Å². The van der Waals surface area contributed by atoms with Crippen molar-refractivity contribution in [2.75, 3.05) is 13.1 Å². The van der Waals surface area contributed by atoms with E-state index in [0.717, 1.165) is 31.1 Å². The molecular formula is C26H33N3O3. The Balaban J connectivity index is 1.10. The van der Waals surface area contributed by atoms with E-state index in [1.54, 1.807) is 6.07 Å². The van der Waals surface area contributed by atoms with Gasteiger partial charge < -0.3 is 14.3 Å². The number of carbonyl (C=O) groups is 1. The Hall–Kier alpha value is -2.60. The van der Waals surface area contributed by atoms with E-state index in [-0.39, 0.29) is 5.91 Å². The number of rotatable bonds is 7. The lowest BCUT2D eigenvalue weighted by molar-refractivity contribution is -0.121. The number of hydrogen-bond acceptors (Lipinski definition) is 5. The number of amides is 1. The summed E-state index contributed by atoms with van der Waals surface area (Å²) in [6.07, 6.45) is 13.4. The first-order valence-corrected chi connectivity index (χ1v) is 12.1. The number of piperidine rings is 1. The van der Waals surface area contributed by atoms with Gasteiger partial charge in [0.15, 0.2) is 0 Å². The summed E-state index contributed by atoms with van der Waals surface area (Å²) in [5.74, 6) is 1.77. The highest BCUT2D eigenvalue weighted by atomic mass is 16.5. The molecule has 170 valence electrons. The third-order valence-corrected chi connectivity index (χ3v) is 7.32. The molecule has 4 aliphatic rings. The first-order valence-electron chi connectivity index (χ1n) is 12.1. The van der Waals surface area contributed by atoms with Crippen LogP contribution in [0.2, 0.25) is 0 Å². The third-order valence-electron chi connectivity index (χ3n) is 7.32. The molecule has 1 saturated heterocycles. The summed E-state index contributed by atoms with van der Waals surface area (Å²) in [5, 5.41) is 7.01. The van der Waals surface area contributed by atoms with Gasteiger partial charge in [0.25, 0.3) is 0 Å². The zero-order valence-corrected chi connectivity index (χ0v) is 18.7. The van der Waals surface area contributed by atoms with E-state index in [1.807, 2.05) is 12.3 Å². The Morgan fingerprint density at radius 1 is 1.12 bits per heavy atom. The average Bonchev–Trinajstić information content (AvgIpc) is 3.50. The van der Waals surface area contributed by atoms with Gasteiger partial charge in [0.05, 0.1) is 18.4 Å². The zero-order chi connectivity index (χ0) is 21.8. The lowest BCUT2D eigenvalue weighted by Crippen LogP contribution is -2.39. The number of carbonyl (C=O) groups excluding carboxylic acids is 1. The normalized spacial score (nSPS) is 24.6. The molecule has 1 unspecified atom stereocenters. The van der Waals surface area contributed by atoms with Crippen LogP contribution in [0, 0.1) is 5.92 Å². The van der Waals surface area contributed by atoms with Gasteiger partial charge in [0.1, 0.15) is 12.0 Å². The summed E-state index contributed by atoms with van der Waals surface area (Å²) in [5.41, 5.74) is 3.22. The molecule has 32 heavy (non-hydrogen) atoms. The van der Waals surface area contributed by atoms with Crippen LogP contribution in [0.4, 0.5) is 0 Å². The summed E-state index contributed by atoms with van der Waals surface area (Å²) >= 11 is 0. The van der Waals surface area contributed by atoms with Gasteiger partial charge in [-0.25, -0.2) is 0 Å². The molecule has 1 saturated carbocycles. The monoisotopic (exact) mass is 435 g/mol. The van der Waals surface area contributed by atoms with Crippen LogP contribution in [0.5, 0.6) is 0 Å². The van der Waals surface area contributed by atoms with Crippen LogP contribution in [0.25, 0.3) is 11.3 Å². The average molecular weight is 436 g/mol. The van der Waals surface area contributed by atoms with Crippen molar-refractivity contribution in [3.63, 3.8) is 0 Å². The molecular weight excluding hydrogens is 402 g/mol. The summed E-state index contributed by atoms with van der Waals surface area (Å²) in [6.45, 7) is 2.33. The Bertz CT molecular complexity index is 958. The first-order chi connectivity index (χ1) is 15.7. The molecule has 6 heteroatoms. The standard InChI is InChI=1S/C26H33N3O3/c30-26(17-23-12-15-32-28-23)27-22-9-7-19(8-10-22)11-14-29-13-2-1-5-24(29)21-16-20-4-3-6-25(20)31-18-21/h3-4,6,12,15-16,18-19,22,24H,1-2,5,7-11,13-14,17H2,(H,27,30). The Kier molecular flexibility index (Phi) is 6.58. The molecule has 2 fully saturated rings. The molecule has 6 nitrogen and oxygen atoms in total. The van der Waals surface area contributed by atoms with Gasteiger partial charge in [0.2, 0.25) is 5.91 Å². The van der Waals surface area contributed by atoms with Crippen molar-refractivity contribution >= 4 is 5.91 Å². The highest BCUT2D eigenvalue weighted by Crippen LogP contribution is 2.36. The van der Waals surface area contributed by atoms with Gasteiger partial charge >= 0.3 is 0 Å². The van der Waals surface area contributed by atoms with E-state index >= 15 is 0 Å². The van der Waals surface area contributed by atoms with Crippen molar-refractivity contribution in [1.82, 2.24) is 15.4 Å². The van der Waals surface area contributed by atoms with Crippen molar-refractivity contribution in [3.8, 4) is 11.3 Å². The molecule has 1 N–H and O–H groups in total. The molecule has 2 aliphatic heterocycles. The third kappa shape index (κ3) is 5.07. The zero-order valence-electron chi connectivity index (χ0n) is 18.7. The molecule has 0 spiro atoms. The minimum absolute atomic E-state index is 0.0470. The van der Waals surface area contributed by atoms with E-state index < -0.39 is 0 Å². The highest BCUT2D eigenvalue weighted by molar-refractivity contribution is 5.78. The maximum atomic E-state index is 12.2. The van der Waals surface area contributed by atoms with Gasteiger partial charge in [-0.15, -0.1) is 0 Å². The van der Waals surface area contributed by atoms with Crippen molar-refractivity contribution in [2.45, 2.75) is 69.9 Å². The second kappa shape index (κ2) is 9.90. The van der Waals surface area contributed by atoms with Crippen LogP contribution in [0.15, 0.2) is 51.8 Å². The fraction of sp³-hybridized carbons (Fsp3) is 0.538. The predicted molar refractivity (Wildman–Crippen MR) is 122 cm³/mol. The lowest BCUT2D eigenvalue weighted by Gasteiger charge is -2.37. The van der Waals surface area contributed by atoms with Gasteiger partial charge in [-0.3, -0.25) is 9.69 Å².